The summed E-state index contributed by atoms with van der Waals surface area (Å²) < 4.78 is 31.2. The molecule has 0 amide bonds. The Kier molecular flexibility index (Phi) is 2.09. The summed E-state index contributed by atoms with van der Waals surface area (Å²) in [5.74, 6) is 0. The molecule has 5 nitrogen and oxygen atoms in total. The molecule has 0 atom stereocenters. The van der Waals surface area contributed by atoms with E-state index in [1.165, 1.54) is 12.3 Å². The second-order valence-electron chi connectivity index (χ2n) is 3.03. The fraction of sp³-hybridized carbons (Fsp3) is 0. The first-order chi connectivity index (χ1) is 7.00. The minimum absolute atomic E-state index is 0.0105. The summed E-state index contributed by atoms with van der Waals surface area (Å²) in [6.07, 6.45) is 1.44. The van der Waals surface area contributed by atoms with Crippen LogP contribution in [-0.2, 0) is 10.1 Å². The number of nitrogens with two attached hydrogens (primary N) is 1. The highest BCUT2D eigenvalue weighted by molar-refractivity contribution is 7.86. The van der Waals surface area contributed by atoms with Crippen LogP contribution in [-0.4, -0.2) is 18.0 Å². The molecule has 6 heteroatoms. The molecule has 0 spiro atoms. The zero-order chi connectivity index (χ0) is 11.1. The summed E-state index contributed by atoms with van der Waals surface area (Å²) in [4.78, 5) is 3.56. The Morgan fingerprint density at radius 1 is 1.27 bits per heavy atom. The Morgan fingerprint density at radius 2 is 2.00 bits per heavy atom. The van der Waals surface area contributed by atoms with Crippen molar-refractivity contribution in [2.45, 2.75) is 4.90 Å². The number of rotatable bonds is 1. The third kappa shape index (κ3) is 1.64. The van der Waals surface area contributed by atoms with Crippen LogP contribution in [0.15, 0.2) is 35.4 Å². The predicted molar refractivity (Wildman–Crippen MR) is 56.0 cm³/mol. The fourth-order valence-electron chi connectivity index (χ4n) is 1.41. The summed E-state index contributed by atoms with van der Waals surface area (Å²) in [5, 5.41) is 0.610. The Morgan fingerprint density at radius 3 is 2.67 bits per heavy atom. The third-order valence-corrected chi connectivity index (χ3v) is 2.96. The Balaban J connectivity index is 2.99. The lowest BCUT2D eigenvalue weighted by molar-refractivity contribution is 0.484. The second-order valence-corrected chi connectivity index (χ2v) is 4.39. The molecule has 1 aromatic heterocycles. The van der Waals surface area contributed by atoms with Crippen molar-refractivity contribution in [1.82, 2.24) is 4.98 Å². The van der Waals surface area contributed by atoms with E-state index in [0.717, 1.165) is 0 Å². The summed E-state index contributed by atoms with van der Waals surface area (Å²) in [6.45, 7) is 0. The molecule has 1 aromatic carbocycles. The quantitative estimate of drug-likeness (QED) is 0.558. The summed E-state index contributed by atoms with van der Waals surface area (Å²) in [6, 6.07) is 6.43. The van der Waals surface area contributed by atoms with Gasteiger partial charge in [-0.25, -0.2) is 0 Å². The molecule has 0 aliphatic rings. The first-order valence-electron chi connectivity index (χ1n) is 4.11. The zero-order valence-corrected chi connectivity index (χ0v) is 8.40. The van der Waals surface area contributed by atoms with Crippen LogP contribution in [0.3, 0.4) is 0 Å². The van der Waals surface area contributed by atoms with Crippen molar-refractivity contribution >= 4 is 26.7 Å². The maximum Gasteiger partial charge on any atom is 0.298 e. The van der Waals surface area contributed by atoms with Crippen LogP contribution in [0.5, 0.6) is 0 Å². The summed E-state index contributed by atoms with van der Waals surface area (Å²) >= 11 is 0. The van der Waals surface area contributed by atoms with Gasteiger partial charge in [0.25, 0.3) is 10.1 Å². The topological polar surface area (TPSA) is 93.3 Å². The van der Waals surface area contributed by atoms with Crippen LogP contribution in [0.1, 0.15) is 0 Å². The average Bonchev–Trinajstić information content (AvgIpc) is 2.15. The molecular weight excluding hydrogens is 216 g/mol. The van der Waals surface area contributed by atoms with Crippen LogP contribution in [0, 0.1) is 0 Å². The normalized spacial score (nSPS) is 11.8. The molecule has 0 saturated carbocycles. The summed E-state index contributed by atoms with van der Waals surface area (Å²) in [7, 11) is -4.35. The molecular formula is C9H8N2O3S. The van der Waals surface area contributed by atoms with E-state index in [4.69, 9.17) is 10.3 Å². The molecule has 2 rings (SSSR count). The lowest BCUT2D eigenvalue weighted by atomic mass is 10.2. The van der Waals surface area contributed by atoms with Crippen LogP contribution in [0.2, 0.25) is 0 Å². The van der Waals surface area contributed by atoms with Crippen LogP contribution in [0.25, 0.3) is 10.9 Å². The molecule has 0 saturated heterocycles. The monoisotopic (exact) mass is 224 g/mol. The van der Waals surface area contributed by atoms with Gasteiger partial charge in [0.1, 0.15) is 4.90 Å². The van der Waals surface area contributed by atoms with Crippen LogP contribution in [0.4, 0.5) is 5.69 Å². The van der Waals surface area contributed by atoms with Gasteiger partial charge in [-0.2, -0.15) is 8.42 Å². The molecule has 15 heavy (non-hydrogen) atoms. The smallest absolute Gasteiger partial charge is 0.298 e. The van der Waals surface area contributed by atoms with Crippen molar-refractivity contribution in [3.05, 3.63) is 30.5 Å². The molecule has 78 valence electrons. The van der Waals surface area contributed by atoms with Crippen LogP contribution < -0.4 is 5.73 Å². The van der Waals surface area contributed by atoms with Crippen molar-refractivity contribution in [2.24, 2.45) is 0 Å². The molecule has 0 aliphatic carbocycles. The largest absolute Gasteiger partial charge is 0.398 e. The van der Waals surface area contributed by atoms with Gasteiger partial charge in [-0.1, -0.05) is 12.1 Å². The number of hydrogen-bond donors (Lipinski definition) is 2. The van der Waals surface area contributed by atoms with Crippen molar-refractivity contribution in [3.63, 3.8) is 0 Å². The lowest BCUT2D eigenvalue weighted by Crippen LogP contribution is -2.04. The van der Waals surface area contributed by atoms with E-state index in [0.29, 0.717) is 5.39 Å². The van der Waals surface area contributed by atoms with Crippen molar-refractivity contribution in [2.75, 3.05) is 5.73 Å². The van der Waals surface area contributed by atoms with Crippen LogP contribution >= 0.6 is 0 Å². The molecule has 1 heterocycles. The van der Waals surface area contributed by atoms with E-state index >= 15 is 0 Å². The van der Waals surface area contributed by atoms with Gasteiger partial charge in [0, 0.05) is 11.6 Å². The van der Waals surface area contributed by atoms with E-state index < -0.39 is 10.1 Å². The molecule has 0 unspecified atom stereocenters. The van der Waals surface area contributed by atoms with Gasteiger partial charge in [-0.15, -0.1) is 0 Å². The maximum absolute atomic E-state index is 11.1. The minimum Gasteiger partial charge on any atom is -0.398 e. The maximum atomic E-state index is 11.1. The molecule has 0 fully saturated rings. The number of anilines is 1. The van der Waals surface area contributed by atoms with Crippen molar-refractivity contribution < 1.29 is 13.0 Å². The fourth-order valence-corrected chi connectivity index (χ4v) is 2.19. The van der Waals surface area contributed by atoms with Crippen molar-refractivity contribution in [3.8, 4) is 0 Å². The van der Waals surface area contributed by atoms with E-state index in [2.05, 4.69) is 4.98 Å². The molecule has 3 N–H and O–H groups in total. The molecule has 0 bridgehead atoms. The first-order valence-corrected chi connectivity index (χ1v) is 5.55. The number of aromatic nitrogens is 1. The Labute approximate surface area is 86.3 Å². The Hall–Kier alpha value is -1.66. The number of nitrogens with zero attached hydrogens (tertiary/aromatic N) is 1. The number of benzene rings is 1. The van der Waals surface area contributed by atoms with Crippen molar-refractivity contribution in [1.29, 1.82) is 0 Å². The Bertz CT molecular complexity index is 622. The van der Waals surface area contributed by atoms with Gasteiger partial charge in [0.15, 0.2) is 0 Å². The van der Waals surface area contributed by atoms with Gasteiger partial charge in [0.05, 0.1) is 11.2 Å². The van der Waals surface area contributed by atoms with Gasteiger partial charge in [0.2, 0.25) is 0 Å². The summed E-state index contributed by atoms with van der Waals surface area (Å²) in [5.41, 5.74) is 5.66. The highest BCUT2D eigenvalue weighted by atomic mass is 32.2. The molecule has 2 aromatic rings. The third-order valence-electron chi connectivity index (χ3n) is 2.02. The van der Waals surface area contributed by atoms with E-state index in [9.17, 15) is 8.42 Å². The highest BCUT2D eigenvalue weighted by Crippen LogP contribution is 2.26. The molecule has 0 aliphatic heterocycles. The predicted octanol–water partition coefficient (Wildman–Crippen LogP) is 1.06. The number of pyridine rings is 1. The zero-order valence-electron chi connectivity index (χ0n) is 7.58. The number of fused-ring (bicyclic) bond motifs is 1. The van der Waals surface area contributed by atoms with E-state index in [1.807, 2.05) is 0 Å². The lowest BCUT2D eigenvalue weighted by Gasteiger charge is -2.05. The van der Waals surface area contributed by atoms with Gasteiger partial charge >= 0.3 is 0 Å². The standard InChI is InChI=1S/C9H8N2O3S/c10-7-4-3-6-2-1-5-11-8(6)9(7)15(12,13)14/h1-5H,10H2,(H,12,13,14). The van der Waals surface area contributed by atoms with Gasteiger partial charge < -0.3 is 5.73 Å². The van der Waals surface area contributed by atoms with Gasteiger partial charge in [-0.3, -0.25) is 9.54 Å². The number of hydrogen-bond acceptors (Lipinski definition) is 4. The molecule has 0 radical (unpaired) electrons. The van der Waals surface area contributed by atoms with E-state index in [1.54, 1.807) is 18.2 Å². The second kappa shape index (κ2) is 3.18. The first kappa shape index (κ1) is 9.88. The number of nitrogen functional groups attached to an aromatic ring is 1. The van der Waals surface area contributed by atoms with Gasteiger partial charge in [-0.05, 0) is 12.1 Å². The van der Waals surface area contributed by atoms with E-state index in [-0.39, 0.29) is 16.1 Å². The SMILES string of the molecule is Nc1ccc2cccnc2c1S(=O)(=O)O. The highest BCUT2D eigenvalue weighted by Gasteiger charge is 2.18. The average molecular weight is 224 g/mol. The minimum atomic E-state index is -4.35.